The van der Waals surface area contributed by atoms with Crippen molar-refractivity contribution < 1.29 is 0 Å². The van der Waals surface area contributed by atoms with Crippen LogP contribution < -0.4 is 21.7 Å². The summed E-state index contributed by atoms with van der Waals surface area (Å²) in [5.41, 5.74) is 8.83. The highest BCUT2D eigenvalue weighted by atomic mass is 15.3. The molecule has 3 rings (SSSR count). The van der Waals surface area contributed by atoms with Crippen LogP contribution >= 0.6 is 0 Å². The van der Waals surface area contributed by atoms with Crippen molar-refractivity contribution in [2.45, 2.75) is 51.9 Å². The Labute approximate surface area is 125 Å². The second kappa shape index (κ2) is 4.87. The number of guanidine groups is 1. The molecule has 1 saturated heterocycles. The van der Waals surface area contributed by atoms with Gasteiger partial charge >= 0.3 is 0 Å². The molecule has 3 aliphatic heterocycles. The van der Waals surface area contributed by atoms with Gasteiger partial charge < -0.3 is 21.7 Å². The van der Waals surface area contributed by atoms with Crippen molar-refractivity contribution in [3.8, 4) is 0 Å². The van der Waals surface area contributed by atoms with E-state index in [0.29, 0.717) is 23.9 Å². The van der Waals surface area contributed by atoms with Crippen molar-refractivity contribution in [3.63, 3.8) is 0 Å². The Morgan fingerprint density at radius 3 is 2.86 bits per heavy atom. The minimum Gasteiger partial charge on any atom is -0.383 e. The summed E-state index contributed by atoms with van der Waals surface area (Å²) in [6, 6.07) is 0.880. The van der Waals surface area contributed by atoms with E-state index in [4.69, 9.17) is 10.7 Å². The van der Waals surface area contributed by atoms with Gasteiger partial charge in [0.15, 0.2) is 5.66 Å². The number of nitrogens with one attached hydrogen (secondary N) is 3. The number of hydrogen-bond donors (Lipinski definition) is 4. The van der Waals surface area contributed by atoms with Crippen LogP contribution in [0.2, 0.25) is 0 Å². The molecule has 1 unspecified atom stereocenters. The highest BCUT2D eigenvalue weighted by molar-refractivity contribution is 6.09. The number of nitrogens with two attached hydrogens (primary N) is 1. The maximum atomic E-state index is 6.19. The molecular formula is C15H24N6. The number of allylic oxidation sites excluding steroid dienone is 3. The molecule has 0 aromatic rings. The first-order valence-electron chi connectivity index (χ1n) is 7.49. The highest BCUT2D eigenvalue weighted by Crippen LogP contribution is 2.30. The van der Waals surface area contributed by atoms with E-state index in [9.17, 15) is 0 Å². The van der Waals surface area contributed by atoms with Crippen molar-refractivity contribution in [2.75, 3.05) is 6.54 Å². The predicted molar refractivity (Wildman–Crippen MR) is 86.1 cm³/mol. The summed E-state index contributed by atoms with van der Waals surface area (Å²) in [6.07, 6.45) is 3.15. The SMILES string of the molecule is CC1=CC(C)=C2C(N)=NC(N[C@@H]3CN[C@H](C)C3)=NC2(C)N1. The summed E-state index contributed by atoms with van der Waals surface area (Å²) < 4.78 is 0. The van der Waals surface area contributed by atoms with Crippen LogP contribution in [-0.4, -0.2) is 36.1 Å². The molecule has 6 heteroatoms. The van der Waals surface area contributed by atoms with Crippen molar-refractivity contribution in [1.29, 1.82) is 0 Å². The topological polar surface area (TPSA) is 86.8 Å². The lowest BCUT2D eigenvalue weighted by Gasteiger charge is -2.37. The Kier molecular flexibility index (Phi) is 3.28. The van der Waals surface area contributed by atoms with Crippen molar-refractivity contribution in [1.82, 2.24) is 16.0 Å². The first-order chi connectivity index (χ1) is 9.87. The lowest BCUT2D eigenvalue weighted by atomic mass is 9.91. The molecule has 0 saturated carbocycles. The van der Waals surface area contributed by atoms with Gasteiger partial charge in [-0.2, -0.15) is 4.99 Å². The third-order valence-electron chi connectivity index (χ3n) is 4.25. The van der Waals surface area contributed by atoms with Crippen LogP contribution in [0.15, 0.2) is 32.9 Å². The Morgan fingerprint density at radius 2 is 2.19 bits per heavy atom. The number of aliphatic imine (C=N–C) groups is 2. The molecule has 0 aromatic carbocycles. The molecule has 0 bridgehead atoms. The van der Waals surface area contributed by atoms with E-state index in [2.05, 4.69) is 40.9 Å². The Hall–Kier alpha value is -1.82. The first kappa shape index (κ1) is 14.1. The number of hydrogen-bond acceptors (Lipinski definition) is 6. The van der Waals surface area contributed by atoms with Crippen molar-refractivity contribution in [3.05, 3.63) is 22.9 Å². The fraction of sp³-hybridized carbons (Fsp3) is 0.600. The third-order valence-corrected chi connectivity index (χ3v) is 4.25. The van der Waals surface area contributed by atoms with Gasteiger partial charge in [0.25, 0.3) is 0 Å². The highest BCUT2D eigenvalue weighted by Gasteiger charge is 2.38. The summed E-state index contributed by atoms with van der Waals surface area (Å²) in [6.45, 7) is 9.25. The molecule has 6 nitrogen and oxygen atoms in total. The minimum atomic E-state index is -0.533. The molecule has 3 aliphatic rings. The van der Waals surface area contributed by atoms with E-state index < -0.39 is 5.66 Å². The fourth-order valence-electron chi connectivity index (χ4n) is 3.50. The van der Waals surface area contributed by atoms with Crippen LogP contribution in [0.5, 0.6) is 0 Å². The smallest absolute Gasteiger partial charge is 0.222 e. The number of nitrogens with zero attached hydrogens (tertiary/aromatic N) is 2. The van der Waals surface area contributed by atoms with Gasteiger partial charge in [-0.05, 0) is 45.8 Å². The van der Waals surface area contributed by atoms with Crippen LogP contribution in [0.4, 0.5) is 0 Å². The minimum absolute atomic E-state index is 0.353. The third kappa shape index (κ3) is 2.55. The van der Waals surface area contributed by atoms with Crippen LogP contribution in [0.1, 0.15) is 34.1 Å². The van der Waals surface area contributed by atoms with E-state index >= 15 is 0 Å². The summed E-state index contributed by atoms with van der Waals surface area (Å²) in [4.78, 5) is 9.23. The van der Waals surface area contributed by atoms with Gasteiger partial charge in [-0.1, -0.05) is 0 Å². The Bertz CT molecular complexity index is 585. The summed E-state index contributed by atoms with van der Waals surface area (Å²) in [7, 11) is 0. The molecule has 1 fully saturated rings. The van der Waals surface area contributed by atoms with Gasteiger partial charge in [0, 0.05) is 29.9 Å². The lowest BCUT2D eigenvalue weighted by Crippen LogP contribution is -2.52. The molecule has 0 aromatic heterocycles. The van der Waals surface area contributed by atoms with E-state index in [-0.39, 0.29) is 0 Å². The first-order valence-corrected chi connectivity index (χ1v) is 7.49. The van der Waals surface area contributed by atoms with Crippen molar-refractivity contribution >= 4 is 11.8 Å². The monoisotopic (exact) mass is 288 g/mol. The largest absolute Gasteiger partial charge is 0.383 e. The molecule has 0 amide bonds. The molecule has 114 valence electrons. The van der Waals surface area contributed by atoms with Gasteiger partial charge in [0.05, 0.1) is 0 Å². The quantitative estimate of drug-likeness (QED) is 0.569. The van der Waals surface area contributed by atoms with Crippen LogP contribution in [0.25, 0.3) is 0 Å². The molecule has 0 radical (unpaired) electrons. The Morgan fingerprint density at radius 1 is 1.43 bits per heavy atom. The molecule has 0 aliphatic carbocycles. The average Bonchev–Trinajstić information content (AvgIpc) is 2.71. The van der Waals surface area contributed by atoms with Crippen LogP contribution in [-0.2, 0) is 0 Å². The summed E-state index contributed by atoms with van der Waals surface area (Å²) in [5.74, 6) is 1.16. The van der Waals surface area contributed by atoms with E-state index in [1.165, 1.54) is 0 Å². The maximum absolute atomic E-state index is 6.19. The van der Waals surface area contributed by atoms with Gasteiger partial charge in [-0.25, -0.2) is 4.99 Å². The van der Waals surface area contributed by atoms with Gasteiger partial charge in [-0.3, -0.25) is 0 Å². The van der Waals surface area contributed by atoms with Crippen molar-refractivity contribution in [2.24, 2.45) is 15.7 Å². The number of fused-ring (bicyclic) bond motifs is 1. The zero-order valence-electron chi connectivity index (χ0n) is 13.1. The number of amidine groups is 1. The van der Waals surface area contributed by atoms with E-state index in [1.807, 2.05) is 13.8 Å². The molecular weight excluding hydrogens is 264 g/mol. The van der Waals surface area contributed by atoms with Gasteiger partial charge in [0.1, 0.15) is 5.84 Å². The van der Waals surface area contributed by atoms with Gasteiger partial charge in [-0.15, -0.1) is 0 Å². The zero-order valence-corrected chi connectivity index (χ0v) is 13.1. The second-order valence-corrected chi connectivity index (χ2v) is 6.40. The van der Waals surface area contributed by atoms with E-state index in [0.717, 1.165) is 29.8 Å². The number of rotatable bonds is 1. The molecule has 3 atom stereocenters. The molecule has 5 N–H and O–H groups in total. The summed E-state index contributed by atoms with van der Waals surface area (Å²) >= 11 is 0. The normalized spacial score (nSPS) is 35.5. The predicted octanol–water partition coefficient (Wildman–Crippen LogP) is 0.593. The number of dihydropyridines is 1. The zero-order chi connectivity index (χ0) is 15.2. The van der Waals surface area contributed by atoms with Gasteiger partial charge in [0.2, 0.25) is 5.96 Å². The van der Waals surface area contributed by atoms with E-state index in [1.54, 1.807) is 0 Å². The Balaban J connectivity index is 1.88. The molecule has 0 spiro atoms. The second-order valence-electron chi connectivity index (χ2n) is 6.40. The molecule has 21 heavy (non-hydrogen) atoms. The van der Waals surface area contributed by atoms with Crippen LogP contribution in [0.3, 0.4) is 0 Å². The fourth-order valence-corrected chi connectivity index (χ4v) is 3.50. The average molecular weight is 288 g/mol. The molecule has 3 heterocycles. The summed E-state index contributed by atoms with van der Waals surface area (Å²) in [5, 5.41) is 10.2. The van der Waals surface area contributed by atoms with Crippen LogP contribution in [0, 0.1) is 0 Å². The maximum Gasteiger partial charge on any atom is 0.222 e. The lowest BCUT2D eigenvalue weighted by molar-refractivity contribution is 0.472. The standard InChI is InChI=1S/C15H24N6/c1-8-5-10(3)20-15(4)12(8)13(16)19-14(21-15)18-11-6-9(2)17-7-11/h5,9,11,17,20H,6-7H2,1-4H3,(H3,16,18,19,21)/t9-,11+,15?/m1/s1.